The number of fused-ring (bicyclic) bond motifs is 1. The van der Waals surface area contributed by atoms with Crippen LogP contribution in [0.1, 0.15) is 56.3 Å². The van der Waals surface area contributed by atoms with Crippen LogP contribution in [0.15, 0.2) is 18.2 Å². The van der Waals surface area contributed by atoms with Gasteiger partial charge in [0.1, 0.15) is 0 Å². The van der Waals surface area contributed by atoms with E-state index in [2.05, 4.69) is 45.0 Å². The van der Waals surface area contributed by atoms with E-state index in [9.17, 15) is 4.21 Å². The first kappa shape index (κ1) is 20.5. The fourth-order valence-corrected chi connectivity index (χ4v) is 5.02. The number of piperidine rings is 1. The zero-order valence-electron chi connectivity index (χ0n) is 17.3. The minimum Gasteiger partial charge on any atom is -0.317 e. The lowest BCUT2D eigenvalue weighted by Gasteiger charge is -2.40. The van der Waals surface area contributed by atoms with Crippen molar-refractivity contribution in [3.63, 3.8) is 0 Å². The molecule has 0 saturated carbocycles. The molecule has 2 atom stereocenters. The molecule has 1 aromatic carbocycles. The predicted molar refractivity (Wildman–Crippen MR) is 114 cm³/mol. The normalized spacial score (nSPS) is 22.4. The molecule has 0 bridgehead atoms. The van der Waals surface area contributed by atoms with Gasteiger partial charge < -0.3 is 5.32 Å². The van der Waals surface area contributed by atoms with Crippen LogP contribution >= 0.6 is 0 Å². The number of nitrogens with zero attached hydrogens (tertiary/aromatic N) is 1. The van der Waals surface area contributed by atoms with Gasteiger partial charge in [-0.3, -0.25) is 4.90 Å². The number of rotatable bonds is 3. The maximum Gasteiger partial charge on any atom is 0.0976 e. The molecule has 148 valence electrons. The van der Waals surface area contributed by atoms with Crippen LogP contribution in [0.5, 0.6) is 0 Å². The summed E-state index contributed by atoms with van der Waals surface area (Å²) in [6, 6.07) is 6.73. The van der Waals surface area contributed by atoms with Crippen LogP contribution in [0.4, 0.5) is 0 Å². The van der Waals surface area contributed by atoms with E-state index in [1.807, 2.05) is 34.9 Å². The summed E-state index contributed by atoms with van der Waals surface area (Å²) in [5.74, 6) is 6.52. The molecule has 1 heterocycles. The summed E-state index contributed by atoms with van der Waals surface area (Å²) in [6.07, 6.45) is 3.29. The first-order valence-corrected chi connectivity index (χ1v) is 11.0. The second kappa shape index (κ2) is 8.05. The van der Waals surface area contributed by atoms with E-state index in [-0.39, 0.29) is 16.2 Å². The van der Waals surface area contributed by atoms with Crippen LogP contribution in [-0.4, -0.2) is 47.6 Å². The highest BCUT2D eigenvalue weighted by atomic mass is 32.2. The Bertz CT molecular complexity index is 764. The van der Waals surface area contributed by atoms with Gasteiger partial charge in [0.25, 0.3) is 0 Å². The zero-order valence-corrected chi connectivity index (χ0v) is 18.1. The minimum absolute atomic E-state index is 0.130. The summed E-state index contributed by atoms with van der Waals surface area (Å²) in [5.41, 5.74) is 3.89. The zero-order chi connectivity index (χ0) is 19.7. The molecule has 4 nitrogen and oxygen atoms in total. The third-order valence-electron chi connectivity index (χ3n) is 5.62. The molecule has 0 aromatic heterocycles. The van der Waals surface area contributed by atoms with Crippen molar-refractivity contribution in [2.45, 2.75) is 50.8 Å². The number of hydrogen-bond donors (Lipinski definition) is 2. The Labute approximate surface area is 167 Å². The molecule has 1 aromatic rings. The Morgan fingerprint density at radius 2 is 2.00 bits per heavy atom. The van der Waals surface area contributed by atoms with Crippen molar-refractivity contribution in [1.82, 2.24) is 14.9 Å². The van der Waals surface area contributed by atoms with Crippen LogP contribution in [0, 0.1) is 17.3 Å². The molecule has 2 N–H and O–H groups in total. The summed E-state index contributed by atoms with van der Waals surface area (Å²) in [6.45, 7) is 8.91. The van der Waals surface area contributed by atoms with Crippen molar-refractivity contribution in [2.24, 2.45) is 5.41 Å². The highest BCUT2D eigenvalue weighted by Gasteiger charge is 2.47. The molecule has 0 unspecified atom stereocenters. The lowest BCUT2D eigenvalue weighted by Crippen LogP contribution is -2.46. The molecule has 5 heteroatoms. The highest BCUT2D eigenvalue weighted by molar-refractivity contribution is 7.84. The SMILES string of the molecule is CN(C)CC#Cc1ccc2c(c1)[C@@H](N[S@](=O)C(C)(C)C)C1(CCNCC1)C2. The van der Waals surface area contributed by atoms with Gasteiger partial charge in [-0.1, -0.05) is 17.9 Å². The molecule has 1 fully saturated rings. The molecule has 2 aliphatic rings. The summed E-state index contributed by atoms with van der Waals surface area (Å²) < 4.78 is 16.2. The van der Waals surface area contributed by atoms with Crippen LogP contribution in [0.3, 0.4) is 0 Å². The molecule has 27 heavy (non-hydrogen) atoms. The Hall–Kier alpha value is -1.19. The quantitative estimate of drug-likeness (QED) is 0.784. The smallest absolute Gasteiger partial charge is 0.0976 e. The Morgan fingerprint density at radius 3 is 2.63 bits per heavy atom. The monoisotopic (exact) mass is 387 g/mol. The second-order valence-electron chi connectivity index (χ2n) is 9.17. The van der Waals surface area contributed by atoms with Gasteiger partial charge in [-0.05, 0) is 95.9 Å². The van der Waals surface area contributed by atoms with Crippen molar-refractivity contribution in [1.29, 1.82) is 0 Å². The number of hydrogen-bond acceptors (Lipinski definition) is 3. The van der Waals surface area contributed by atoms with Crippen LogP contribution in [0.2, 0.25) is 0 Å². The fourth-order valence-electron chi connectivity index (χ4n) is 4.08. The number of benzene rings is 1. The molecular formula is C22H33N3OS. The lowest BCUT2D eigenvalue weighted by molar-refractivity contribution is 0.164. The van der Waals surface area contributed by atoms with Gasteiger partial charge in [-0.25, -0.2) is 8.93 Å². The van der Waals surface area contributed by atoms with Crippen molar-refractivity contribution in [3.8, 4) is 11.8 Å². The van der Waals surface area contributed by atoms with E-state index in [1.54, 1.807) is 0 Å². The average molecular weight is 388 g/mol. The van der Waals surface area contributed by atoms with Gasteiger partial charge in [0.15, 0.2) is 0 Å². The van der Waals surface area contributed by atoms with Crippen LogP contribution in [0.25, 0.3) is 0 Å². The van der Waals surface area contributed by atoms with Gasteiger partial charge >= 0.3 is 0 Å². The molecule has 0 radical (unpaired) electrons. The van der Waals surface area contributed by atoms with Gasteiger partial charge in [0, 0.05) is 5.56 Å². The van der Waals surface area contributed by atoms with Gasteiger partial charge in [-0.15, -0.1) is 0 Å². The second-order valence-corrected chi connectivity index (χ2v) is 11.2. The first-order valence-electron chi connectivity index (χ1n) is 9.86. The molecule has 1 aliphatic carbocycles. The van der Waals surface area contributed by atoms with Crippen molar-refractivity contribution >= 4 is 11.0 Å². The summed E-state index contributed by atoms with van der Waals surface area (Å²) in [5, 5.41) is 3.49. The first-order chi connectivity index (χ1) is 12.7. The van der Waals surface area contributed by atoms with E-state index in [0.29, 0.717) is 0 Å². The molecular weight excluding hydrogens is 354 g/mol. The van der Waals surface area contributed by atoms with Crippen LogP contribution < -0.4 is 10.0 Å². The van der Waals surface area contributed by atoms with Gasteiger partial charge in [0.2, 0.25) is 0 Å². The van der Waals surface area contributed by atoms with E-state index < -0.39 is 11.0 Å². The summed E-state index contributed by atoms with van der Waals surface area (Å²) in [4.78, 5) is 2.07. The maximum absolute atomic E-state index is 12.9. The molecule has 3 rings (SSSR count). The molecule has 0 amide bonds. The third kappa shape index (κ3) is 4.63. The summed E-state index contributed by atoms with van der Waals surface area (Å²) in [7, 11) is 2.96. The van der Waals surface area contributed by atoms with Crippen molar-refractivity contribution < 1.29 is 4.21 Å². The van der Waals surface area contributed by atoms with Crippen molar-refractivity contribution in [2.75, 3.05) is 33.7 Å². The van der Waals surface area contributed by atoms with E-state index in [0.717, 1.165) is 44.5 Å². The highest BCUT2D eigenvalue weighted by Crippen LogP contribution is 2.51. The molecule has 1 spiro atoms. The minimum atomic E-state index is -1.09. The Morgan fingerprint density at radius 1 is 1.30 bits per heavy atom. The fraction of sp³-hybridized carbons (Fsp3) is 0.636. The molecule has 1 saturated heterocycles. The van der Waals surface area contributed by atoms with Crippen molar-refractivity contribution in [3.05, 3.63) is 34.9 Å². The third-order valence-corrected chi connectivity index (χ3v) is 7.18. The Kier molecular flexibility index (Phi) is 6.12. The van der Waals surface area contributed by atoms with E-state index in [1.165, 1.54) is 11.1 Å². The number of nitrogens with one attached hydrogen (secondary N) is 2. The lowest BCUT2D eigenvalue weighted by atomic mass is 9.73. The van der Waals surface area contributed by atoms with Gasteiger partial charge in [0.05, 0.1) is 28.3 Å². The topological polar surface area (TPSA) is 44.4 Å². The van der Waals surface area contributed by atoms with E-state index in [4.69, 9.17) is 0 Å². The maximum atomic E-state index is 12.9. The average Bonchev–Trinajstić information content (AvgIpc) is 2.87. The largest absolute Gasteiger partial charge is 0.317 e. The van der Waals surface area contributed by atoms with Crippen LogP contribution in [-0.2, 0) is 17.4 Å². The Balaban J connectivity index is 1.94. The summed E-state index contributed by atoms with van der Waals surface area (Å²) >= 11 is 0. The standard InChI is InChI=1S/C22H33N3OS/c1-21(2,3)27(26)24-20-19-15-17(7-6-14-25(4)5)8-9-18(19)16-22(20)10-12-23-13-11-22/h8-9,15,20,23-24H,10-14,16H2,1-5H3/t20-,27-/m1/s1. The predicted octanol–water partition coefficient (Wildman–Crippen LogP) is 2.62. The van der Waals surface area contributed by atoms with E-state index >= 15 is 0 Å². The van der Waals surface area contributed by atoms with Gasteiger partial charge in [-0.2, -0.15) is 0 Å². The molecule has 1 aliphatic heterocycles.